The van der Waals surface area contributed by atoms with E-state index in [0.29, 0.717) is 17.7 Å². The lowest BCUT2D eigenvalue weighted by molar-refractivity contribution is -0.893. The molecule has 1 N–H and O–H groups in total. The first kappa shape index (κ1) is 22.6. The molecule has 0 fully saturated rings. The number of likely N-dealkylation sites (N-methyl/N-ethyl adjacent to an activating group) is 1. The maximum atomic E-state index is 12.8. The summed E-state index contributed by atoms with van der Waals surface area (Å²) < 4.78 is 8.51. The van der Waals surface area contributed by atoms with Gasteiger partial charge in [-0.1, -0.05) is 25.5 Å². The normalized spacial score (nSPS) is 12.7. The average molecular weight is 422 g/mol. The number of benzene rings is 2. The topological polar surface area (TPSA) is 46.5 Å². The average Bonchev–Trinajstić information content (AvgIpc) is 2.65. The van der Waals surface area contributed by atoms with Gasteiger partial charge in [0.15, 0.2) is 5.43 Å². The Morgan fingerprint density at radius 3 is 2.57 bits per heavy atom. The number of unbranched alkanes of at least 4 members (excludes halogenated alkanes) is 1. The molecule has 1 aromatic heterocycles. The van der Waals surface area contributed by atoms with Crippen molar-refractivity contribution in [3.63, 3.8) is 0 Å². The monoisotopic (exact) mass is 421 g/mol. The Kier molecular flexibility index (Phi) is 7.84. The zero-order chi connectivity index (χ0) is 19.4. The molecule has 1 heterocycles. The molecule has 0 aliphatic carbocycles. The van der Waals surface area contributed by atoms with Crippen LogP contribution in [-0.4, -0.2) is 49.5 Å². The summed E-state index contributed by atoms with van der Waals surface area (Å²) in [6.45, 7) is 4.09. The van der Waals surface area contributed by atoms with E-state index in [1.807, 2.05) is 36.4 Å². The highest BCUT2D eigenvalue weighted by atomic mass is 35.5. The molecule has 0 bridgehead atoms. The van der Waals surface area contributed by atoms with Crippen LogP contribution in [0.2, 0.25) is 0 Å². The first-order valence-corrected chi connectivity index (χ1v) is 10.3. The minimum atomic E-state index is -0.543. The number of hydrogen-bond donors (Lipinski definition) is 1. The molecule has 0 amide bonds. The van der Waals surface area contributed by atoms with E-state index in [2.05, 4.69) is 21.0 Å². The Morgan fingerprint density at radius 1 is 1.11 bits per heavy atom. The number of hydrogen-bond acceptors (Lipinski definition) is 4. The zero-order valence-corrected chi connectivity index (χ0v) is 18.2. The molecule has 3 aromatic rings. The van der Waals surface area contributed by atoms with Gasteiger partial charge in [0, 0.05) is 20.2 Å². The molecule has 4 nitrogen and oxygen atoms in total. The quantitative estimate of drug-likeness (QED) is 0.436. The molecule has 1 atom stereocenters. The Hall–Kier alpha value is -1.66. The second kappa shape index (κ2) is 9.70. The lowest BCUT2D eigenvalue weighted by atomic mass is 10.2. The number of aliphatic hydroxyl groups excluding tert-OH is 1. The summed E-state index contributed by atoms with van der Waals surface area (Å²) in [7, 11) is 4.26. The van der Waals surface area contributed by atoms with Crippen molar-refractivity contribution < 1.29 is 26.7 Å². The third-order valence-corrected chi connectivity index (χ3v) is 5.96. The Morgan fingerprint density at radius 2 is 1.82 bits per heavy atom. The lowest BCUT2D eigenvalue weighted by Crippen LogP contribution is -3.00. The van der Waals surface area contributed by atoms with Gasteiger partial charge >= 0.3 is 0 Å². The minimum Gasteiger partial charge on any atom is -1.00 e. The molecule has 0 aliphatic rings. The number of ether oxygens (including phenoxy) is 1. The molecule has 0 spiro atoms. The highest BCUT2D eigenvalue weighted by molar-refractivity contribution is 7.24. The molecule has 0 aliphatic heterocycles. The molecule has 2 aromatic carbocycles. The predicted molar refractivity (Wildman–Crippen MR) is 114 cm³/mol. The van der Waals surface area contributed by atoms with Gasteiger partial charge in [0.1, 0.15) is 25.0 Å². The van der Waals surface area contributed by atoms with Gasteiger partial charge < -0.3 is 26.7 Å². The van der Waals surface area contributed by atoms with Crippen molar-refractivity contribution in [1.29, 1.82) is 0 Å². The largest absolute Gasteiger partial charge is 1.00 e. The minimum absolute atomic E-state index is 0. The van der Waals surface area contributed by atoms with Gasteiger partial charge in [-0.15, -0.1) is 11.3 Å². The van der Waals surface area contributed by atoms with Crippen LogP contribution in [0.1, 0.15) is 19.8 Å². The van der Waals surface area contributed by atoms with Crippen LogP contribution in [0.25, 0.3) is 20.2 Å². The molecule has 152 valence electrons. The highest BCUT2D eigenvalue weighted by Gasteiger charge is 2.20. The van der Waals surface area contributed by atoms with E-state index >= 15 is 0 Å². The van der Waals surface area contributed by atoms with Crippen molar-refractivity contribution in [3.8, 4) is 5.75 Å². The lowest BCUT2D eigenvalue weighted by Gasteiger charge is -2.31. The summed E-state index contributed by atoms with van der Waals surface area (Å²) in [5.41, 5.74) is 0.0303. The van der Waals surface area contributed by atoms with E-state index in [0.717, 1.165) is 38.7 Å². The van der Waals surface area contributed by atoms with Gasteiger partial charge in [-0.2, -0.15) is 0 Å². The van der Waals surface area contributed by atoms with Gasteiger partial charge in [-0.05, 0) is 36.8 Å². The molecule has 0 radical (unpaired) electrons. The summed E-state index contributed by atoms with van der Waals surface area (Å²) in [6, 6.07) is 13.3. The van der Waals surface area contributed by atoms with Crippen molar-refractivity contribution in [2.75, 3.05) is 33.8 Å². The van der Waals surface area contributed by atoms with Crippen LogP contribution in [0.15, 0.2) is 47.3 Å². The van der Waals surface area contributed by atoms with Gasteiger partial charge in [-0.25, -0.2) is 0 Å². The van der Waals surface area contributed by atoms with E-state index in [4.69, 9.17) is 4.74 Å². The van der Waals surface area contributed by atoms with Crippen LogP contribution in [0.3, 0.4) is 0 Å². The summed E-state index contributed by atoms with van der Waals surface area (Å²) in [4.78, 5) is 12.8. The molecule has 0 saturated carbocycles. The van der Waals surface area contributed by atoms with Crippen LogP contribution in [-0.2, 0) is 0 Å². The fourth-order valence-corrected chi connectivity index (χ4v) is 4.42. The number of halogens is 1. The summed E-state index contributed by atoms with van der Waals surface area (Å²) in [5, 5.41) is 11.8. The first-order chi connectivity index (χ1) is 12.9. The van der Waals surface area contributed by atoms with Gasteiger partial charge in [-0.3, -0.25) is 4.79 Å². The number of rotatable bonds is 8. The number of nitrogens with zero attached hydrogens (tertiary/aromatic N) is 1. The SMILES string of the molecule is CCCC[N+](C)(C)CC(O)COc1ccc2sc3ccccc3c(=O)c2c1.[Cl-]. The number of fused-ring (bicyclic) bond motifs is 2. The predicted octanol–water partition coefficient (Wildman–Crippen LogP) is 1.03. The van der Waals surface area contributed by atoms with Gasteiger partial charge in [0.25, 0.3) is 0 Å². The molecule has 1 unspecified atom stereocenters. The van der Waals surface area contributed by atoms with E-state index in [1.165, 1.54) is 0 Å². The van der Waals surface area contributed by atoms with E-state index < -0.39 is 6.10 Å². The summed E-state index contributed by atoms with van der Waals surface area (Å²) >= 11 is 1.61. The van der Waals surface area contributed by atoms with Crippen molar-refractivity contribution in [2.24, 2.45) is 0 Å². The molecular formula is C22H28ClNO3S. The third-order valence-electron chi connectivity index (χ3n) is 4.81. The second-order valence-electron chi connectivity index (χ2n) is 7.75. The van der Waals surface area contributed by atoms with Crippen LogP contribution in [0.4, 0.5) is 0 Å². The molecule has 0 saturated heterocycles. The van der Waals surface area contributed by atoms with Crippen molar-refractivity contribution >= 4 is 31.5 Å². The standard InChI is InChI=1S/C22H28NO3S.ClH/c1-4-5-12-23(2,3)14-16(24)15-26-17-10-11-21-19(13-17)22(25)18-8-6-7-9-20(18)27-21;/h6-11,13,16,24H,4-5,12,14-15H2,1-3H3;1H/q+1;/p-1. The number of aliphatic hydroxyl groups is 1. The fraction of sp³-hybridized carbons (Fsp3) is 0.409. The van der Waals surface area contributed by atoms with E-state index in [-0.39, 0.29) is 24.4 Å². The Bertz CT molecular complexity index is 986. The maximum absolute atomic E-state index is 12.8. The fourth-order valence-electron chi connectivity index (χ4n) is 3.37. The molecular weight excluding hydrogens is 394 g/mol. The number of quaternary nitrogens is 1. The summed E-state index contributed by atoms with van der Waals surface area (Å²) in [5.74, 6) is 0.625. The van der Waals surface area contributed by atoms with Crippen molar-refractivity contribution in [2.45, 2.75) is 25.9 Å². The zero-order valence-electron chi connectivity index (χ0n) is 16.7. The third kappa shape index (κ3) is 5.45. The van der Waals surface area contributed by atoms with Crippen LogP contribution >= 0.6 is 11.3 Å². The second-order valence-corrected chi connectivity index (χ2v) is 8.83. The summed E-state index contributed by atoms with van der Waals surface area (Å²) in [6.07, 6.45) is 1.75. The molecule has 6 heteroatoms. The molecule has 28 heavy (non-hydrogen) atoms. The van der Waals surface area contributed by atoms with Gasteiger partial charge in [0.2, 0.25) is 0 Å². The smallest absolute Gasteiger partial charge is 0.196 e. The van der Waals surface area contributed by atoms with Crippen LogP contribution in [0.5, 0.6) is 5.75 Å². The highest BCUT2D eigenvalue weighted by Crippen LogP contribution is 2.27. The van der Waals surface area contributed by atoms with Crippen molar-refractivity contribution in [1.82, 2.24) is 0 Å². The maximum Gasteiger partial charge on any atom is 0.196 e. The van der Waals surface area contributed by atoms with E-state index in [1.54, 1.807) is 17.4 Å². The Balaban J connectivity index is 0.00000280. The first-order valence-electron chi connectivity index (χ1n) is 9.48. The van der Waals surface area contributed by atoms with Crippen LogP contribution in [0, 0.1) is 0 Å². The van der Waals surface area contributed by atoms with Gasteiger partial charge in [0.05, 0.1) is 20.6 Å². The van der Waals surface area contributed by atoms with Crippen LogP contribution < -0.4 is 22.6 Å². The molecule has 3 rings (SSSR count). The van der Waals surface area contributed by atoms with Crippen molar-refractivity contribution in [3.05, 3.63) is 52.7 Å². The van der Waals surface area contributed by atoms with E-state index in [9.17, 15) is 9.90 Å². The Labute approximate surface area is 176 Å².